The number of anilines is 1. The maximum absolute atomic E-state index is 12.6. The average molecular weight is 376 g/mol. The molecule has 0 saturated carbocycles. The number of aryl methyl sites for hydroxylation is 1. The van der Waals surface area contributed by atoms with Crippen LogP contribution in [0.3, 0.4) is 0 Å². The second kappa shape index (κ2) is 7.64. The van der Waals surface area contributed by atoms with E-state index >= 15 is 0 Å². The predicted molar refractivity (Wildman–Crippen MR) is 103 cm³/mol. The van der Waals surface area contributed by atoms with Gasteiger partial charge in [-0.1, -0.05) is 24.3 Å². The number of ether oxygens (including phenoxy) is 1. The molecule has 28 heavy (non-hydrogen) atoms. The highest BCUT2D eigenvalue weighted by Crippen LogP contribution is 2.26. The Morgan fingerprint density at radius 3 is 2.79 bits per heavy atom. The van der Waals surface area contributed by atoms with Gasteiger partial charge in [0.05, 0.1) is 11.9 Å². The van der Waals surface area contributed by atoms with Gasteiger partial charge in [-0.2, -0.15) is 5.10 Å². The molecule has 2 aromatic heterocycles. The van der Waals surface area contributed by atoms with Gasteiger partial charge in [0.2, 0.25) is 0 Å². The van der Waals surface area contributed by atoms with Crippen molar-refractivity contribution in [1.82, 2.24) is 14.8 Å². The summed E-state index contributed by atoms with van der Waals surface area (Å²) in [6.45, 7) is 2.09. The van der Waals surface area contributed by atoms with Crippen molar-refractivity contribution in [3.8, 4) is 5.82 Å². The van der Waals surface area contributed by atoms with Crippen LogP contribution in [0.4, 0.5) is 5.69 Å². The Kier molecular flexibility index (Phi) is 4.89. The second-order valence-electron chi connectivity index (χ2n) is 6.60. The zero-order valence-corrected chi connectivity index (χ0v) is 15.5. The summed E-state index contributed by atoms with van der Waals surface area (Å²) < 4.78 is 6.85. The van der Waals surface area contributed by atoms with Crippen LogP contribution in [0.5, 0.6) is 0 Å². The first-order valence-corrected chi connectivity index (χ1v) is 9.16. The van der Waals surface area contributed by atoms with Crippen LogP contribution in [0.15, 0.2) is 54.9 Å². The molecule has 3 aromatic rings. The predicted octanol–water partition coefficient (Wildman–Crippen LogP) is 2.71. The molecule has 7 heteroatoms. The summed E-state index contributed by atoms with van der Waals surface area (Å²) in [6, 6.07) is 13.3. The Hall–Kier alpha value is -3.48. The smallest absolute Gasteiger partial charge is 0.342 e. The van der Waals surface area contributed by atoms with E-state index in [9.17, 15) is 9.59 Å². The Labute approximate surface area is 162 Å². The van der Waals surface area contributed by atoms with Gasteiger partial charge < -0.3 is 9.64 Å². The van der Waals surface area contributed by atoms with Gasteiger partial charge in [0.25, 0.3) is 5.91 Å². The number of rotatable bonds is 4. The van der Waals surface area contributed by atoms with Crippen molar-refractivity contribution in [3.63, 3.8) is 0 Å². The molecule has 0 aliphatic carbocycles. The molecule has 0 fully saturated rings. The van der Waals surface area contributed by atoms with E-state index in [0.29, 0.717) is 23.6 Å². The fourth-order valence-electron chi connectivity index (χ4n) is 3.40. The van der Waals surface area contributed by atoms with Crippen molar-refractivity contribution >= 4 is 17.6 Å². The maximum Gasteiger partial charge on any atom is 0.342 e. The van der Waals surface area contributed by atoms with E-state index in [1.54, 1.807) is 28.8 Å². The largest absolute Gasteiger partial charge is 0.452 e. The van der Waals surface area contributed by atoms with E-state index in [1.165, 1.54) is 6.20 Å². The van der Waals surface area contributed by atoms with Gasteiger partial charge in [0.1, 0.15) is 5.56 Å². The molecular formula is C21H20N4O3. The van der Waals surface area contributed by atoms with Crippen LogP contribution in [0.1, 0.15) is 28.0 Å². The summed E-state index contributed by atoms with van der Waals surface area (Å²) in [6.07, 6.45) is 4.94. The monoisotopic (exact) mass is 376 g/mol. The maximum atomic E-state index is 12.6. The number of hydrogen-bond donors (Lipinski definition) is 0. The van der Waals surface area contributed by atoms with Gasteiger partial charge in [-0.15, -0.1) is 0 Å². The van der Waals surface area contributed by atoms with E-state index in [-0.39, 0.29) is 12.5 Å². The molecule has 1 aliphatic heterocycles. The lowest BCUT2D eigenvalue weighted by atomic mass is 10.0. The molecule has 7 nitrogen and oxygen atoms in total. The van der Waals surface area contributed by atoms with Gasteiger partial charge in [0, 0.05) is 18.4 Å². The zero-order valence-electron chi connectivity index (χ0n) is 15.5. The fourth-order valence-corrected chi connectivity index (χ4v) is 3.40. The summed E-state index contributed by atoms with van der Waals surface area (Å²) in [7, 11) is 0. The molecule has 1 aliphatic rings. The highest BCUT2D eigenvalue weighted by Gasteiger charge is 2.24. The summed E-state index contributed by atoms with van der Waals surface area (Å²) in [4.78, 5) is 31.0. The molecule has 3 heterocycles. The van der Waals surface area contributed by atoms with Crippen molar-refractivity contribution in [2.24, 2.45) is 0 Å². The third kappa shape index (κ3) is 3.38. The number of para-hydroxylation sites is 1. The van der Waals surface area contributed by atoms with Crippen molar-refractivity contribution in [2.75, 3.05) is 18.1 Å². The topological polar surface area (TPSA) is 77.3 Å². The van der Waals surface area contributed by atoms with Crippen molar-refractivity contribution in [1.29, 1.82) is 0 Å². The molecule has 1 aromatic carbocycles. The molecule has 0 bridgehead atoms. The molecule has 0 saturated heterocycles. The minimum Gasteiger partial charge on any atom is -0.452 e. The summed E-state index contributed by atoms with van der Waals surface area (Å²) >= 11 is 0. The van der Waals surface area contributed by atoms with Gasteiger partial charge in [-0.25, -0.2) is 14.5 Å². The van der Waals surface area contributed by atoms with E-state index in [4.69, 9.17) is 4.74 Å². The van der Waals surface area contributed by atoms with Gasteiger partial charge in [-0.3, -0.25) is 4.79 Å². The summed E-state index contributed by atoms with van der Waals surface area (Å²) in [5.74, 6) is -0.186. The first kappa shape index (κ1) is 17.9. The van der Waals surface area contributed by atoms with Gasteiger partial charge in [0.15, 0.2) is 12.4 Å². The second-order valence-corrected chi connectivity index (χ2v) is 6.60. The van der Waals surface area contributed by atoms with Crippen LogP contribution < -0.4 is 4.90 Å². The number of amides is 1. The number of hydrogen-bond acceptors (Lipinski definition) is 5. The van der Waals surface area contributed by atoms with Crippen molar-refractivity contribution in [3.05, 3.63) is 71.7 Å². The normalized spacial score (nSPS) is 13.1. The molecule has 0 spiro atoms. The van der Waals surface area contributed by atoms with Crippen molar-refractivity contribution < 1.29 is 14.3 Å². The minimum atomic E-state index is -0.571. The van der Waals surface area contributed by atoms with E-state index in [0.717, 1.165) is 24.1 Å². The number of fused-ring (bicyclic) bond motifs is 1. The zero-order chi connectivity index (χ0) is 19.5. The van der Waals surface area contributed by atoms with Crippen LogP contribution in [0.2, 0.25) is 0 Å². The van der Waals surface area contributed by atoms with Crippen LogP contribution >= 0.6 is 0 Å². The lowest BCUT2D eigenvalue weighted by molar-refractivity contribution is -0.121. The van der Waals surface area contributed by atoms with Crippen molar-refractivity contribution in [2.45, 2.75) is 19.8 Å². The first-order valence-electron chi connectivity index (χ1n) is 9.16. The number of benzene rings is 1. The number of nitrogens with zero attached hydrogens (tertiary/aromatic N) is 4. The van der Waals surface area contributed by atoms with Crippen LogP contribution in [0, 0.1) is 6.92 Å². The standard InChI is InChI=1S/C21H20N4O3/c1-15-17(13-23-25(15)19-10-4-5-11-22-19)21(27)28-14-20(26)24-12-6-8-16-7-2-3-9-18(16)24/h2-5,7,9-11,13H,6,8,12,14H2,1H3. The SMILES string of the molecule is Cc1c(C(=O)OCC(=O)N2CCCc3ccccc32)cnn1-c1ccccn1. The number of pyridine rings is 1. The molecule has 142 valence electrons. The van der Waals surface area contributed by atoms with E-state index in [2.05, 4.69) is 10.1 Å². The quantitative estimate of drug-likeness (QED) is 0.655. The molecule has 0 unspecified atom stereocenters. The Morgan fingerprint density at radius 1 is 1.14 bits per heavy atom. The molecule has 0 atom stereocenters. The molecule has 0 radical (unpaired) electrons. The number of aromatic nitrogens is 3. The van der Waals surface area contributed by atoms with Gasteiger partial charge in [-0.05, 0) is 43.5 Å². The van der Waals surface area contributed by atoms with Crippen LogP contribution in [-0.2, 0) is 16.0 Å². The number of carbonyl (C=O) groups excluding carboxylic acids is 2. The van der Waals surface area contributed by atoms with E-state index in [1.807, 2.05) is 36.4 Å². The molecule has 1 amide bonds. The first-order chi connectivity index (χ1) is 13.6. The Bertz CT molecular complexity index is 1010. The molecule has 0 N–H and O–H groups in total. The highest BCUT2D eigenvalue weighted by molar-refractivity contribution is 5.98. The summed E-state index contributed by atoms with van der Waals surface area (Å²) in [5.41, 5.74) is 2.96. The highest BCUT2D eigenvalue weighted by atomic mass is 16.5. The minimum absolute atomic E-state index is 0.227. The van der Waals surface area contributed by atoms with Crippen LogP contribution in [0.25, 0.3) is 5.82 Å². The van der Waals surface area contributed by atoms with Gasteiger partial charge >= 0.3 is 5.97 Å². The average Bonchev–Trinajstić information content (AvgIpc) is 3.13. The fraction of sp³-hybridized carbons (Fsp3) is 0.238. The third-order valence-corrected chi connectivity index (χ3v) is 4.83. The Morgan fingerprint density at radius 2 is 1.96 bits per heavy atom. The summed E-state index contributed by atoms with van der Waals surface area (Å²) in [5, 5.41) is 4.21. The van der Waals surface area contributed by atoms with Crippen LogP contribution in [-0.4, -0.2) is 39.8 Å². The Balaban J connectivity index is 1.44. The number of esters is 1. The third-order valence-electron chi connectivity index (χ3n) is 4.83. The number of carbonyl (C=O) groups is 2. The lowest BCUT2D eigenvalue weighted by Crippen LogP contribution is -2.38. The lowest BCUT2D eigenvalue weighted by Gasteiger charge is -2.29. The van der Waals surface area contributed by atoms with E-state index < -0.39 is 5.97 Å². The molecule has 4 rings (SSSR count). The molecular weight excluding hydrogens is 356 g/mol.